The molecule has 0 aromatic heterocycles. The van der Waals surface area contributed by atoms with Crippen molar-refractivity contribution in [3.8, 4) is 0 Å². The van der Waals surface area contributed by atoms with Gasteiger partial charge in [-0.3, -0.25) is 0 Å². The molecule has 0 N–H and O–H groups in total. The average Bonchev–Trinajstić information content (AvgIpc) is 1.85. The summed E-state index contributed by atoms with van der Waals surface area (Å²) in [6.45, 7) is 6.70. The lowest BCUT2D eigenvalue weighted by molar-refractivity contribution is -0.145. The molecule has 4 heteroatoms. The van der Waals surface area contributed by atoms with Crippen molar-refractivity contribution >= 4 is 0 Å². The van der Waals surface area contributed by atoms with Crippen LogP contribution in [0.3, 0.4) is 0 Å². The average molecular weight is 183 g/mol. The number of hydrogen-bond donors (Lipinski definition) is 0. The lowest BCUT2D eigenvalue weighted by Crippen LogP contribution is -2.36. The molecule has 0 radical (unpaired) electrons. The van der Waals surface area contributed by atoms with E-state index >= 15 is 0 Å². The number of hydrogen-bond acceptors (Lipinski definition) is 1. The molecular weight excluding hydrogens is 167 g/mol. The molecule has 0 aromatic carbocycles. The second-order valence-corrected chi connectivity index (χ2v) is 2.89. The highest BCUT2D eigenvalue weighted by molar-refractivity contribution is 4.68. The molecule has 0 spiro atoms. The standard InChI is InChI=1S/C8H16F3N/c1-4-12(5-2)7(3)6-8(9,10)11/h7H,4-6H2,1-3H3. The van der Waals surface area contributed by atoms with E-state index in [1.165, 1.54) is 0 Å². The van der Waals surface area contributed by atoms with E-state index in [0.29, 0.717) is 13.1 Å². The van der Waals surface area contributed by atoms with Crippen molar-refractivity contribution in [1.82, 2.24) is 4.90 Å². The Balaban J connectivity index is 3.92. The minimum absolute atomic E-state index is 0.403. The summed E-state index contributed by atoms with van der Waals surface area (Å²) in [5.74, 6) is 0. The first-order valence-electron chi connectivity index (χ1n) is 4.21. The summed E-state index contributed by atoms with van der Waals surface area (Å²) in [4.78, 5) is 1.80. The molecular formula is C8H16F3N. The van der Waals surface area contributed by atoms with Crippen molar-refractivity contribution in [3.05, 3.63) is 0 Å². The fourth-order valence-corrected chi connectivity index (χ4v) is 1.31. The molecule has 0 aliphatic heterocycles. The summed E-state index contributed by atoms with van der Waals surface area (Å²) < 4.78 is 35.7. The van der Waals surface area contributed by atoms with E-state index in [1.54, 1.807) is 11.8 Å². The van der Waals surface area contributed by atoms with Crippen LogP contribution in [0.15, 0.2) is 0 Å². The van der Waals surface area contributed by atoms with Gasteiger partial charge in [-0.05, 0) is 20.0 Å². The van der Waals surface area contributed by atoms with Crippen LogP contribution in [0.5, 0.6) is 0 Å². The van der Waals surface area contributed by atoms with E-state index in [1.807, 2.05) is 13.8 Å². The lowest BCUT2D eigenvalue weighted by Gasteiger charge is -2.26. The van der Waals surface area contributed by atoms with Gasteiger partial charge in [0.2, 0.25) is 0 Å². The molecule has 0 aromatic rings. The first kappa shape index (κ1) is 11.8. The monoisotopic (exact) mass is 183 g/mol. The maximum absolute atomic E-state index is 11.9. The van der Waals surface area contributed by atoms with Crippen LogP contribution >= 0.6 is 0 Å². The third kappa shape index (κ3) is 4.59. The number of halogens is 3. The highest BCUT2D eigenvalue weighted by atomic mass is 19.4. The Labute approximate surface area is 71.6 Å². The second-order valence-electron chi connectivity index (χ2n) is 2.89. The van der Waals surface area contributed by atoms with Gasteiger partial charge in [0.05, 0.1) is 6.42 Å². The summed E-state index contributed by atoms with van der Waals surface area (Å²) in [6, 6.07) is -0.403. The molecule has 0 heterocycles. The van der Waals surface area contributed by atoms with E-state index in [-0.39, 0.29) is 0 Å². The minimum atomic E-state index is -4.04. The van der Waals surface area contributed by atoms with E-state index in [4.69, 9.17) is 0 Å². The summed E-state index contributed by atoms with van der Waals surface area (Å²) in [5.41, 5.74) is 0. The molecule has 12 heavy (non-hydrogen) atoms. The van der Waals surface area contributed by atoms with Gasteiger partial charge in [-0.1, -0.05) is 13.8 Å². The summed E-state index contributed by atoms with van der Waals surface area (Å²) in [5, 5.41) is 0. The molecule has 0 rings (SSSR count). The van der Waals surface area contributed by atoms with Crippen LogP contribution in [-0.4, -0.2) is 30.2 Å². The molecule has 0 saturated heterocycles. The molecule has 0 fully saturated rings. The third-order valence-corrected chi connectivity index (χ3v) is 1.96. The smallest absolute Gasteiger partial charge is 0.301 e. The first-order chi connectivity index (χ1) is 5.40. The van der Waals surface area contributed by atoms with E-state index in [9.17, 15) is 13.2 Å². The van der Waals surface area contributed by atoms with Crippen LogP contribution in [0.4, 0.5) is 13.2 Å². The van der Waals surface area contributed by atoms with Gasteiger partial charge in [0.25, 0.3) is 0 Å². The van der Waals surface area contributed by atoms with Crippen molar-refractivity contribution in [2.45, 2.75) is 39.4 Å². The second kappa shape index (κ2) is 4.70. The predicted octanol–water partition coefficient (Wildman–Crippen LogP) is 2.67. The number of nitrogens with zero attached hydrogens (tertiary/aromatic N) is 1. The van der Waals surface area contributed by atoms with Crippen molar-refractivity contribution in [2.75, 3.05) is 13.1 Å². The highest BCUT2D eigenvalue weighted by Crippen LogP contribution is 2.23. The van der Waals surface area contributed by atoms with Gasteiger partial charge in [-0.2, -0.15) is 13.2 Å². The molecule has 0 aliphatic carbocycles. The van der Waals surface area contributed by atoms with E-state index in [2.05, 4.69) is 0 Å². The number of alkyl halides is 3. The number of rotatable bonds is 4. The Morgan fingerprint density at radius 3 is 1.83 bits per heavy atom. The molecule has 74 valence electrons. The Morgan fingerprint density at radius 1 is 1.17 bits per heavy atom. The van der Waals surface area contributed by atoms with Gasteiger partial charge in [-0.15, -0.1) is 0 Å². The Hall–Kier alpha value is -0.250. The Kier molecular flexibility index (Phi) is 4.60. The van der Waals surface area contributed by atoms with Gasteiger partial charge in [-0.25, -0.2) is 0 Å². The minimum Gasteiger partial charge on any atom is -0.301 e. The fraction of sp³-hybridized carbons (Fsp3) is 1.00. The maximum Gasteiger partial charge on any atom is 0.390 e. The van der Waals surface area contributed by atoms with E-state index in [0.717, 1.165) is 0 Å². The highest BCUT2D eigenvalue weighted by Gasteiger charge is 2.31. The van der Waals surface area contributed by atoms with Crippen LogP contribution in [0.2, 0.25) is 0 Å². The van der Waals surface area contributed by atoms with Crippen LogP contribution in [0, 0.1) is 0 Å². The van der Waals surface area contributed by atoms with Gasteiger partial charge >= 0.3 is 6.18 Å². The molecule has 0 saturated carbocycles. The van der Waals surface area contributed by atoms with Crippen molar-refractivity contribution in [3.63, 3.8) is 0 Å². The van der Waals surface area contributed by atoms with Crippen LogP contribution in [0.25, 0.3) is 0 Å². The zero-order valence-corrected chi connectivity index (χ0v) is 7.78. The quantitative estimate of drug-likeness (QED) is 0.647. The normalized spacial score (nSPS) is 15.2. The van der Waals surface area contributed by atoms with Crippen molar-refractivity contribution < 1.29 is 13.2 Å². The third-order valence-electron chi connectivity index (χ3n) is 1.96. The van der Waals surface area contributed by atoms with Crippen LogP contribution < -0.4 is 0 Å². The zero-order chi connectivity index (χ0) is 9.78. The summed E-state index contributed by atoms with van der Waals surface area (Å²) in [6.07, 6.45) is -4.75. The SMILES string of the molecule is CCN(CC)C(C)CC(F)(F)F. The molecule has 0 bridgehead atoms. The first-order valence-corrected chi connectivity index (χ1v) is 4.21. The lowest BCUT2D eigenvalue weighted by atomic mass is 10.2. The molecule has 1 nitrogen and oxygen atoms in total. The van der Waals surface area contributed by atoms with Gasteiger partial charge in [0, 0.05) is 6.04 Å². The van der Waals surface area contributed by atoms with Gasteiger partial charge < -0.3 is 4.90 Å². The predicted molar refractivity (Wildman–Crippen MR) is 43.1 cm³/mol. The van der Waals surface area contributed by atoms with E-state index < -0.39 is 18.6 Å². The largest absolute Gasteiger partial charge is 0.390 e. The van der Waals surface area contributed by atoms with Crippen LogP contribution in [-0.2, 0) is 0 Å². The van der Waals surface area contributed by atoms with Crippen molar-refractivity contribution in [2.24, 2.45) is 0 Å². The maximum atomic E-state index is 11.9. The summed E-state index contributed by atoms with van der Waals surface area (Å²) >= 11 is 0. The fourth-order valence-electron chi connectivity index (χ4n) is 1.31. The topological polar surface area (TPSA) is 3.24 Å². The molecule has 0 amide bonds. The van der Waals surface area contributed by atoms with Gasteiger partial charge in [0.1, 0.15) is 0 Å². The molecule has 0 aliphatic rings. The zero-order valence-electron chi connectivity index (χ0n) is 7.78. The Morgan fingerprint density at radius 2 is 1.58 bits per heavy atom. The summed E-state index contributed by atoms with van der Waals surface area (Å²) in [7, 11) is 0. The molecule has 1 unspecified atom stereocenters. The van der Waals surface area contributed by atoms with Gasteiger partial charge in [0.15, 0.2) is 0 Å². The molecule has 1 atom stereocenters. The van der Waals surface area contributed by atoms with Crippen molar-refractivity contribution in [1.29, 1.82) is 0 Å². The van der Waals surface area contributed by atoms with Crippen LogP contribution in [0.1, 0.15) is 27.2 Å². The Bertz CT molecular complexity index is 118.